The Morgan fingerprint density at radius 3 is 2.34 bits per heavy atom. The number of hydrogen-bond acceptors (Lipinski definition) is 8. The molecule has 2 aromatic heterocycles. The molecule has 1 atom stereocenters. The number of aliphatic hydroxyl groups excluding tert-OH is 1. The minimum atomic E-state index is -5.51. The Bertz CT molecular complexity index is 1300. The zero-order chi connectivity index (χ0) is 23.6. The lowest BCUT2D eigenvalue weighted by atomic mass is 9.87. The molecule has 3 aromatic rings. The Hall–Kier alpha value is -2.35. The number of nitrogens with two attached hydrogens (primary N) is 1. The number of nitrogen functional groups attached to an aromatic ring is 1. The van der Waals surface area contributed by atoms with Gasteiger partial charge in [0.1, 0.15) is 11.1 Å². The molecule has 3 N–H and O–H groups in total. The summed E-state index contributed by atoms with van der Waals surface area (Å²) in [5, 5.41) is 19.5. The zero-order valence-corrected chi connectivity index (χ0v) is 18.4. The van der Waals surface area contributed by atoms with Gasteiger partial charge in [0.25, 0.3) is 9.84 Å². The highest BCUT2D eigenvalue weighted by Gasteiger charge is 2.49. The smallest absolute Gasteiger partial charge is 0.397 e. The Morgan fingerprint density at radius 2 is 1.78 bits per heavy atom. The molecule has 1 fully saturated rings. The van der Waals surface area contributed by atoms with Gasteiger partial charge in [-0.3, -0.25) is 4.90 Å². The molecule has 0 amide bonds. The topological polar surface area (TPSA) is 109 Å². The molecule has 0 aliphatic carbocycles. The van der Waals surface area contributed by atoms with Crippen LogP contribution in [-0.4, -0.2) is 47.2 Å². The minimum absolute atomic E-state index is 0.0173. The van der Waals surface area contributed by atoms with Crippen molar-refractivity contribution in [1.82, 2.24) is 15.1 Å². The fourth-order valence-corrected chi connectivity index (χ4v) is 5.52. The van der Waals surface area contributed by atoms with Gasteiger partial charge in [-0.2, -0.15) is 18.3 Å². The number of likely N-dealkylation sites (tertiary alicyclic amines) is 1. The van der Waals surface area contributed by atoms with E-state index in [1.165, 1.54) is 4.90 Å². The van der Waals surface area contributed by atoms with Gasteiger partial charge in [-0.15, -0.1) is 16.4 Å². The number of nitrogens with zero attached hydrogens (tertiary/aromatic N) is 3. The number of rotatable bonds is 4. The Morgan fingerprint density at radius 1 is 1.19 bits per heavy atom. The molecule has 13 heteroatoms. The first kappa shape index (κ1) is 22.8. The fraction of sp³-hybridized carbons (Fsp3) is 0.368. The maximum absolute atomic E-state index is 15.3. The Balaban J connectivity index is 1.54. The molecule has 1 aliphatic rings. The van der Waals surface area contributed by atoms with Gasteiger partial charge in [-0.25, -0.2) is 12.8 Å². The minimum Gasteiger partial charge on any atom is -0.397 e. The average molecular weight is 491 g/mol. The van der Waals surface area contributed by atoms with Crippen molar-refractivity contribution in [1.29, 1.82) is 0 Å². The van der Waals surface area contributed by atoms with E-state index in [4.69, 9.17) is 5.73 Å². The number of hydrogen-bond donors (Lipinski definition) is 2. The maximum atomic E-state index is 15.3. The van der Waals surface area contributed by atoms with Crippen LogP contribution in [0.25, 0.3) is 10.2 Å². The van der Waals surface area contributed by atoms with Crippen molar-refractivity contribution in [2.24, 2.45) is 0 Å². The van der Waals surface area contributed by atoms with Crippen LogP contribution in [0.4, 0.5) is 23.2 Å². The number of anilines is 1. The van der Waals surface area contributed by atoms with Crippen molar-refractivity contribution in [3.05, 3.63) is 46.0 Å². The predicted octanol–water partition coefficient (Wildman–Crippen LogP) is 3.36. The molecule has 1 aromatic carbocycles. The molecule has 32 heavy (non-hydrogen) atoms. The van der Waals surface area contributed by atoms with Crippen molar-refractivity contribution >= 4 is 37.1 Å². The van der Waals surface area contributed by atoms with E-state index in [1.54, 1.807) is 6.92 Å². The van der Waals surface area contributed by atoms with Crippen molar-refractivity contribution in [2.75, 3.05) is 18.8 Å². The molecule has 0 radical (unpaired) electrons. The van der Waals surface area contributed by atoms with Crippen LogP contribution in [0.5, 0.6) is 0 Å². The van der Waals surface area contributed by atoms with Crippen molar-refractivity contribution in [3.63, 3.8) is 0 Å². The van der Waals surface area contributed by atoms with Gasteiger partial charge in [0.15, 0.2) is 5.67 Å². The normalized spacial score (nSPS) is 18.0. The van der Waals surface area contributed by atoms with Gasteiger partial charge in [-0.1, -0.05) is 12.1 Å². The zero-order valence-electron chi connectivity index (χ0n) is 16.8. The standard InChI is InChI=1S/C19H18F4N4O3S2/c1-9-10(2)25-26-16-13(9)14(24)15(31-16)17(28)27-7-18(20,8-27)11-3-5-12(6-4-11)32(29,30)19(21,22)23/h3-6,17,28H,7-8,24H2,1-2H3. The summed E-state index contributed by atoms with van der Waals surface area (Å²) in [6.45, 7) is 3.12. The highest BCUT2D eigenvalue weighted by atomic mass is 32.2. The van der Waals surface area contributed by atoms with E-state index in [1.807, 2.05) is 6.92 Å². The van der Waals surface area contributed by atoms with Gasteiger partial charge < -0.3 is 10.8 Å². The molecule has 1 aliphatic heterocycles. The van der Waals surface area contributed by atoms with Crippen LogP contribution in [0.2, 0.25) is 0 Å². The maximum Gasteiger partial charge on any atom is 0.501 e. The largest absolute Gasteiger partial charge is 0.501 e. The third-order valence-electron chi connectivity index (χ3n) is 5.64. The molecular weight excluding hydrogens is 472 g/mol. The Labute approximate surface area is 184 Å². The highest BCUT2D eigenvalue weighted by molar-refractivity contribution is 7.92. The van der Waals surface area contributed by atoms with Crippen LogP contribution in [0.3, 0.4) is 0 Å². The molecule has 0 bridgehead atoms. The average Bonchev–Trinajstić information content (AvgIpc) is 3.04. The summed E-state index contributed by atoms with van der Waals surface area (Å²) in [6, 6.07) is 3.48. The lowest BCUT2D eigenvalue weighted by Crippen LogP contribution is -2.57. The summed E-state index contributed by atoms with van der Waals surface area (Å²) < 4.78 is 76.2. The van der Waals surface area contributed by atoms with Crippen LogP contribution in [0.15, 0.2) is 29.2 Å². The van der Waals surface area contributed by atoms with Gasteiger partial charge in [0.05, 0.1) is 21.2 Å². The van der Waals surface area contributed by atoms with Gasteiger partial charge in [0, 0.05) is 18.5 Å². The summed E-state index contributed by atoms with van der Waals surface area (Å²) in [7, 11) is -5.51. The SMILES string of the molecule is Cc1nnc2sc(C(O)N3CC(F)(c4ccc(S(=O)(=O)C(F)(F)F)cc4)C3)c(N)c2c1C. The lowest BCUT2D eigenvalue weighted by molar-refractivity contribution is -0.127. The van der Waals surface area contributed by atoms with E-state index in [0.29, 0.717) is 26.5 Å². The van der Waals surface area contributed by atoms with Crippen LogP contribution in [0.1, 0.15) is 27.9 Å². The molecule has 0 saturated carbocycles. The number of sulfone groups is 1. The summed E-state index contributed by atoms with van der Waals surface area (Å²) in [4.78, 5) is 1.40. The molecule has 0 spiro atoms. The highest BCUT2D eigenvalue weighted by Crippen LogP contribution is 2.45. The van der Waals surface area contributed by atoms with Crippen molar-refractivity contribution in [3.8, 4) is 0 Å². The molecular formula is C19H18F4N4O3S2. The fourth-order valence-electron chi connectivity index (χ4n) is 3.63. The second kappa shape index (κ2) is 7.33. The number of aromatic nitrogens is 2. The second-order valence-corrected chi connectivity index (χ2v) is 10.7. The lowest BCUT2D eigenvalue weighted by Gasteiger charge is -2.46. The van der Waals surface area contributed by atoms with Crippen molar-refractivity contribution < 1.29 is 31.1 Å². The molecule has 1 unspecified atom stereocenters. The monoisotopic (exact) mass is 490 g/mol. The predicted molar refractivity (Wildman–Crippen MR) is 110 cm³/mol. The summed E-state index contributed by atoms with van der Waals surface area (Å²) in [5.41, 5.74) is 0.701. The summed E-state index contributed by atoms with van der Waals surface area (Å²) in [6.07, 6.45) is -1.21. The quantitative estimate of drug-likeness (QED) is 0.540. The molecule has 172 valence electrons. The number of fused-ring (bicyclic) bond motifs is 1. The van der Waals surface area contributed by atoms with Crippen LogP contribution >= 0.6 is 11.3 Å². The third-order valence-corrected chi connectivity index (χ3v) is 8.27. The van der Waals surface area contributed by atoms with E-state index < -0.39 is 32.1 Å². The first-order chi connectivity index (χ1) is 14.8. The third kappa shape index (κ3) is 3.43. The summed E-state index contributed by atoms with van der Waals surface area (Å²) in [5.74, 6) is 0. The van der Waals surface area contributed by atoms with Crippen LogP contribution < -0.4 is 5.73 Å². The molecule has 3 heterocycles. The van der Waals surface area contributed by atoms with E-state index in [-0.39, 0.29) is 18.7 Å². The van der Waals surface area contributed by atoms with Crippen LogP contribution in [-0.2, 0) is 15.5 Å². The first-order valence-corrected chi connectivity index (χ1v) is 11.6. The number of aryl methyl sites for hydroxylation is 2. The molecule has 4 rings (SSSR count). The molecule has 1 saturated heterocycles. The van der Waals surface area contributed by atoms with E-state index in [2.05, 4.69) is 10.2 Å². The summed E-state index contributed by atoms with van der Waals surface area (Å²) >= 11 is 1.15. The second-order valence-electron chi connectivity index (χ2n) is 7.69. The van der Waals surface area contributed by atoms with Gasteiger partial charge in [0.2, 0.25) is 0 Å². The Kier molecular flexibility index (Phi) is 5.23. The number of aliphatic hydroxyl groups is 1. The van der Waals surface area contributed by atoms with Gasteiger partial charge >= 0.3 is 5.51 Å². The number of halogens is 4. The van der Waals surface area contributed by atoms with E-state index >= 15 is 4.39 Å². The first-order valence-electron chi connectivity index (χ1n) is 9.31. The number of thiophene rings is 1. The van der Waals surface area contributed by atoms with Crippen LogP contribution in [0, 0.1) is 13.8 Å². The number of benzene rings is 1. The van der Waals surface area contributed by atoms with Crippen molar-refractivity contribution in [2.45, 2.75) is 36.1 Å². The number of alkyl halides is 4. The van der Waals surface area contributed by atoms with E-state index in [9.17, 15) is 26.7 Å². The van der Waals surface area contributed by atoms with E-state index in [0.717, 1.165) is 41.2 Å². The van der Waals surface area contributed by atoms with Gasteiger partial charge in [-0.05, 0) is 37.1 Å². The molecule has 7 nitrogen and oxygen atoms in total.